The Morgan fingerprint density at radius 2 is 1.67 bits per heavy atom. The summed E-state index contributed by atoms with van der Waals surface area (Å²) >= 11 is 0. The number of nitrogens with one attached hydrogen (secondary N) is 1. The minimum atomic E-state index is -3.82. The van der Waals surface area contributed by atoms with Crippen LogP contribution in [-0.4, -0.2) is 34.7 Å². The number of halogens is 1. The van der Waals surface area contributed by atoms with Crippen molar-refractivity contribution in [1.29, 1.82) is 0 Å². The Kier molecular flexibility index (Phi) is 6.83. The quantitative estimate of drug-likeness (QED) is 0.788. The largest absolute Gasteiger partial charge is 0.329 e. The minimum Gasteiger partial charge on any atom is -0.329 e. The molecule has 0 bridgehead atoms. The zero-order valence-electron chi connectivity index (χ0n) is 12.2. The van der Waals surface area contributed by atoms with Crippen LogP contribution in [0.4, 0.5) is 0 Å². The summed E-state index contributed by atoms with van der Waals surface area (Å²) in [4.78, 5) is -0.0954. The van der Waals surface area contributed by atoms with Crippen molar-refractivity contribution >= 4 is 32.3 Å². The van der Waals surface area contributed by atoms with E-state index in [0.717, 1.165) is 6.07 Å². The first-order valence-electron chi connectivity index (χ1n) is 6.11. The second-order valence-electron chi connectivity index (χ2n) is 5.07. The van der Waals surface area contributed by atoms with Gasteiger partial charge in [0, 0.05) is 12.1 Å². The predicted octanol–water partition coefficient (Wildman–Crippen LogP) is 0.918. The van der Waals surface area contributed by atoms with Crippen molar-refractivity contribution in [3.05, 3.63) is 24.3 Å². The van der Waals surface area contributed by atoms with E-state index in [9.17, 15) is 16.8 Å². The molecule has 0 radical (unpaired) electrons. The van der Waals surface area contributed by atoms with Gasteiger partial charge in [0.15, 0.2) is 9.84 Å². The van der Waals surface area contributed by atoms with E-state index in [4.69, 9.17) is 5.73 Å². The molecule has 0 aliphatic heterocycles. The molecule has 9 heteroatoms. The van der Waals surface area contributed by atoms with Gasteiger partial charge >= 0.3 is 0 Å². The van der Waals surface area contributed by atoms with Crippen molar-refractivity contribution < 1.29 is 16.8 Å². The summed E-state index contributed by atoms with van der Waals surface area (Å²) in [5.74, 6) is -0.0851. The molecule has 1 aromatic carbocycles. The maximum atomic E-state index is 12.2. The third kappa shape index (κ3) is 5.23. The van der Waals surface area contributed by atoms with Crippen LogP contribution in [0.3, 0.4) is 0 Å². The molecule has 1 rings (SSSR count). The Balaban J connectivity index is 0.00000400. The molecular weight excluding hydrogens is 336 g/mol. The summed E-state index contributed by atoms with van der Waals surface area (Å²) in [7, 11) is -7.26. The van der Waals surface area contributed by atoms with E-state index in [1.54, 1.807) is 13.8 Å². The highest BCUT2D eigenvalue weighted by molar-refractivity contribution is 7.91. The first-order chi connectivity index (χ1) is 9.04. The van der Waals surface area contributed by atoms with Crippen LogP contribution >= 0.6 is 12.4 Å². The molecule has 0 amide bonds. The van der Waals surface area contributed by atoms with Gasteiger partial charge in [0.05, 0.1) is 15.5 Å². The fourth-order valence-corrected chi connectivity index (χ4v) is 3.93. The SMILES string of the molecule is CCS(=O)(=O)c1cccc(S(=O)(=O)NC(C)(C)CN)c1.Cl. The summed E-state index contributed by atoms with van der Waals surface area (Å²) in [6.07, 6.45) is 0. The number of nitrogens with two attached hydrogens (primary N) is 1. The van der Waals surface area contributed by atoms with Crippen molar-refractivity contribution in [3.8, 4) is 0 Å². The number of sulfonamides is 1. The van der Waals surface area contributed by atoms with Crippen LogP contribution in [0.5, 0.6) is 0 Å². The smallest absolute Gasteiger partial charge is 0.241 e. The molecule has 0 saturated carbocycles. The van der Waals surface area contributed by atoms with Crippen molar-refractivity contribution in [2.45, 2.75) is 36.1 Å². The Morgan fingerprint density at radius 3 is 2.14 bits per heavy atom. The molecule has 0 aromatic heterocycles. The van der Waals surface area contributed by atoms with Gasteiger partial charge in [-0.15, -0.1) is 12.4 Å². The second-order valence-corrected chi connectivity index (χ2v) is 9.03. The van der Waals surface area contributed by atoms with Gasteiger partial charge in [0.25, 0.3) is 0 Å². The van der Waals surface area contributed by atoms with E-state index in [0.29, 0.717) is 0 Å². The standard InChI is InChI=1S/C12H20N2O4S2.ClH/c1-4-19(15,16)10-6-5-7-11(8-10)20(17,18)14-12(2,3)9-13;/h5-8,14H,4,9,13H2,1-3H3;1H. The van der Waals surface area contributed by atoms with E-state index in [-0.39, 0.29) is 34.5 Å². The number of rotatable bonds is 6. The monoisotopic (exact) mass is 356 g/mol. The van der Waals surface area contributed by atoms with Crippen molar-refractivity contribution in [2.24, 2.45) is 5.73 Å². The summed E-state index contributed by atoms with van der Waals surface area (Å²) in [5, 5.41) is 0. The molecule has 0 spiro atoms. The fraction of sp³-hybridized carbons (Fsp3) is 0.500. The number of hydrogen-bond donors (Lipinski definition) is 2. The third-order valence-corrected chi connectivity index (χ3v) is 6.20. The Hall–Kier alpha value is -0.670. The van der Waals surface area contributed by atoms with Gasteiger partial charge in [0.1, 0.15) is 0 Å². The van der Waals surface area contributed by atoms with Gasteiger partial charge in [-0.05, 0) is 32.0 Å². The van der Waals surface area contributed by atoms with Crippen LogP contribution in [0, 0.1) is 0 Å². The Labute approximate surface area is 132 Å². The average molecular weight is 357 g/mol. The van der Waals surface area contributed by atoms with Gasteiger partial charge in [-0.2, -0.15) is 0 Å². The summed E-state index contributed by atoms with van der Waals surface area (Å²) in [5.41, 5.74) is 4.68. The van der Waals surface area contributed by atoms with Gasteiger partial charge in [0.2, 0.25) is 10.0 Å². The predicted molar refractivity (Wildman–Crippen MR) is 84.9 cm³/mol. The topological polar surface area (TPSA) is 106 Å². The van der Waals surface area contributed by atoms with E-state index in [1.165, 1.54) is 25.1 Å². The van der Waals surface area contributed by atoms with E-state index < -0.39 is 25.4 Å². The molecular formula is C12H21ClN2O4S2. The molecule has 0 aliphatic carbocycles. The number of sulfone groups is 1. The van der Waals surface area contributed by atoms with Crippen LogP contribution in [0.25, 0.3) is 0 Å². The van der Waals surface area contributed by atoms with E-state index >= 15 is 0 Å². The lowest BCUT2D eigenvalue weighted by Gasteiger charge is -2.23. The molecule has 122 valence electrons. The highest BCUT2D eigenvalue weighted by Crippen LogP contribution is 2.18. The zero-order chi connectivity index (χ0) is 15.6. The summed E-state index contributed by atoms with van der Waals surface area (Å²) in [6, 6.07) is 5.30. The lowest BCUT2D eigenvalue weighted by molar-refractivity contribution is 0.462. The Morgan fingerprint density at radius 1 is 1.14 bits per heavy atom. The van der Waals surface area contributed by atoms with E-state index in [1.807, 2.05) is 0 Å². The van der Waals surface area contributed by atoms with Crippen LogP contribution in [0.1, 0.15) is 20.8 Å². The molecule has 3 N–H and O–H groups in total. The normalized spacial score (nSPS) is 12.8. The molecule has 21 heavy (non-hydrogen) atoms. The third-order valence-electron chi connectivity index (χ3n) is 2.78. The first kappa shape index (κ1) is 20.3. The molecule has 0 aliphatic rings. The summed E-state index contributed by atoms with van der Waals surface area (Å²) in [6.45, 7) is 4.93. The van der Waals surface area contributed by atoms with Crippen LogP contribution in [0.2, 0.25) is 0 Å². The minimum absolute atomic E-state index is 0. The number of hydrogen-bond acceptors (Lipinski definition) is 5. The van der Waals surface area contributed by atoms with Crippen molar-refractivity contribution in [2.75, 3.05) is 12.3 Å². The Bertz CT molecular complexity index is 685. The molecule has 0 unspecified atom stereocenters. The van der Waals surface area contributed by atoms with Gasteiger partial charge in [-0.3, -0.25) is 0 Å². The second kappa shape index (κ2) is 7.06. The van der Waals surface area contributed by atoms with Crippen LogP contribution in [-0.2, 0) is 19.9 Å². The molecule has 0 saturated heterocycles. The maximum absolute atomic E-state index is 12.2. The van der Waals surface area contributed by atoms with Crippen LogP contribution < -0.4 is 10.5 Å². The lowest BCUT2D eigenvalue weighted by atomic mass is 10.1. The first-order valence-corrected chi connectivity index (χ1v) is 9.24. The average Bonchev–Trinajstić information content (AvgIpc) is 2.38. The summed E-state index contributed by atoms with van der Waals surface area (Å²) < 4.78 is 50.4. The molecule has 6 nitrogen and oxygen atoms in total. The van der Waals surface area contributed by atoms with Gasteiger partial charge in [-0.1, -0.05) is 13.0 Å². The number of benzene rings is 1. The highest BCUT2D eigenvalue weighted by atomic mass is 35.5. The van der Waals surface area contributed by atoms with Crippen molar-refractivity contribution in [1.82, 2.24) is 4.72 Å². The molecule has 0 fully saturated rings. The highest BCUT2D eigenvalue weighted by Gasteiger charge is 2.25. The fourth-order valence-electron chi connectivity index (χ4n) is 1.47. The maximum Gasteiger partial charge on any atom is 0.241 e. The molecule has 1 aromatic rings. The van der Waals surface area contributed by atoms with Crippen LogP contribution in [0.15, 0.2) is 34.1 Å². The van der Waals surface area contributed by atoms with Gasteiger partial charge in [-0.25, -0.2) is 21.6 Å². The van der Waals surface area contributed by atoms with E-state index in [2.05, 4.69) is 4.72 Å². The molecule has 0 heterocycles. The molecule has 0 atom stereocenters. The van der Waals surface area contributed by atoms with Crippen molar-refractivity contribution in [3.63, 3.8) is 0 Å². The van der Waals surface area contributed by atoms with Gasteiger partial charge < -0.3 is 5.73 Å². The lowest BCUT2D eigenvalue weighted by Crippen LogP contribution is -2.48. The zero-order valence-corrected chi connectivity index (χ0v) is 14.6.